The third-order valence-corrected chi connectivity index (χ3v) is 0. The summed E-state index contributed by atoms with van der Waals surface area (Å²) in [5, 5.41) is 0. The SMILES string of the molecule is C.CC.CC.CC.CC(C)(C)C.CC(C)(C)C. The molecule has 0 radical (unpaired) electrons. The van der Waals surface area contributed by atoms with Gasteiger partial charge >= 0.3 is 0 Å². The van der Waals surface area contributed by atoms with Gasteiger partial charge in [-0.1, -0.05) is 104 Å². The third-order valence-electron chi connectivity index (χ3n) is 0. The van der Waals surface area contributed by atoms with Crippen LogP contribution in [0.2, 0.25) is 0 Å². The zero-order valence-electron chi connectivity index (χ0n) is 15.0. The Morgan fingerprint density at radius 3 is 0.353 bits per heavy atom. The molecule has 0 aromatic heterocycles. The molecule has 0 saturated carbocycles. The number of hydrogen-bond acceptors (Lipinski definition) is 0. The lowest BCUT2D eigenvalue weighted by atomic mass is 10.0. The Balaban J connectivity index is -0.0000000238. The molecule has 0 aromatic carbocycles. The summed E-state index contributed by atoms with van der Waals surface area (Å²) >= 11 is 0. The van der Waals surface area contributed by atoms with Crippen molar-refractivity contribution in [2.75, 3.05) is 0 Å². The predicted molar refractivity (Wildman–Crippen MR) is 91.0 cm³/mol. The molecule has 0 aromatic rings. The molecule has 0 heteroatoms. The molecule has 0 N–H and O–H groups in total. The van der Waals surface area contributed by atoms with Crippen LogP contribution in [0.3, 0.4) is 0 Å². The molecule has 0 unspecified atom stereocenters. The molecule has 17 heavy (non-hydrogen) atoms. The van der Waals surface area contributed by atoms with Gasteiger partial charge in [0.1, 0.15) is 0 Å². The van der Waals surface area contributed by atoms with Gasteiger partial charge in [-0.3, -0.25) is 0 Å². The van der Waals surface area contributed by atoms with Gasteiger partial charge < -0.3 is 0 Å². The molecule has 0 bridgehead atoms. The molecule has 0 aliphatic heterocycles. The Kier molecular flexibility index (Phi) is 52.9. The van der Waals surface area contributed by atoms with Crippen LogP contribution < -0.4 is 0 Å². The minimum Gasteiger partial charge on any atom is -0.0776 e. The second-order valence-electron chi connectivity index (χ2n) is 6.00. The fourth-order valence-corrected chi connectivity index (χ4v) is 0. The van der Waals surface area contributed by atoms with E-state index in [-0.39, 0.29) is 7.43 Å². The molecule has 0 aliphatic carbocycles. The van der Waals surface area contributed by atoms with Gasteiger partial charge in [-0.15, -0.1) is 0 Å². The van der Waals surface area contributed by atoms with E-state index in [9.17, 15) is 0 Å². The lowest BCUT2D eigenvalue weighted by Crippen LogP contribution is -1.93. The highest BCUT2D eigenvalue weighted by atomic mass is 14.0. The van der Waals surface area contributed by atoms with E-state index < -0.39 is 0 Å². The van der Waals surface area contributed by atoms with Crippen molar-refractivity contribution < 1.29 is 0 Å². The van der Waals surface area contributed by atoms with Crippen molar-refractivity contribution in [3.8, 4) is 0 Å². The standard InChI is InChI=1S/2C5H12.3C2H6.CH4/c2*1-5(2,3)4;3*1-2;/h2*1-4H3;3*1-2H3;1H4. The van der Waals surface area contributed by atoms with Crippen molar-refractivity contribution in [2.24, 2.45) is 10.8 Å². The van der Waals surface area contributed by atoms with E-state index in [2.05, 4.69) is 55.4 Å². The van der Waals surface area contributed by atoms with Gasteiger partial charge in [-0.2, -0.15) is 0 Å². The maximum absolute atomic E-state index is 2.19. The minimum atomic E-state index is 0. The largest absolute Gasteiger partial charge is 0.0776 e. The van der Waals surface area contributed by atoms with Crippen LogP contribution in [0.5, 0.6) is 0 Å². The van der Waals surface area contributed by atoms with Crippen LogP contribution in [-0.2, 0) is 0 Å². The van der Waals surface area contributed by atoms with Crippen molar-refractivity contribution in [1.29, 1.82) is 0 Å². The molecule has 0 amide bonds. The van der Waals surface area contributed by atoms with E-state index in [1.54, 1.807) is 0 Å². The second kappa shape index (κ2) is 25.0. The highest BCUT2D eigenvalue weighted by Crippen LogP contribution is 2.08. The Labute approximate surface area is 116 Å². The van der Waals surface area contributed by atoms with Gasteiger partial charge in [-0.25, -0.2) is 0 Å². The molecular weight excluding hydrogens is 204 g/mol. The number of rotatable bonds is 0. The molecule has 0 fully saturated rings. The first-order chi connectivity index (χ1) is 7.00. The Morgan fingerprint density at radius 1 is 0.353 bits per heavy atom. The summed E-state index contributed by atoms with van der Waals surface area (Å²) in [6.07, 6.45) is 0. The molecule has 0 nitrogen and oxygen atoms in total. The van der Waals surface area contributed by atoms with Gasteiger partial charge in [-0.05, 0) is 10.8 Å². The van der Waals surface area contributed by atoms with Crippen LogP contribution in [0.25, 0.3) is 0 Å². The molecule has 0 heterocycles. The van der Waals surface area contributed by atoms with Crippen molar-refractivity contribution in [2.45, 2.75) is 104 Å². The van der Waals surface area contributed by atoms with E-state index in [0.717, 1.165) is 0 Å². The quantitative estimate of drug-likeness (QED) is 0.411. The second-order valence-corrected chi connectivity index (χ2v) is 6.00. The maximum atomic E-state index is 2.19. The minimum absolute atomic E-state index is 0. The van der Waals surface area contributed by atoms with Crippen molar-refractivity contribution in [3.63, 3.8) is 0 Å². The lowest BCUT2D eigenvalue weighted by molar-refractivity contribution is 0.469. The van der Waals surface area contributed by atoms with Crippen LogP contribution in [0.1, 0.15) is 104 Å². The van der Waals surface area contributed by atoms with E-state index in [1.165, 1.54) is 0 Å². The Morgan fingerprint density at radius 2 is 0.353 bits per heavy atom. The van der Waals surface area contributed by atoms with Crippen molar-refractivity contribution >= 4 is 0 Å². The lowest BCUT2D eigenvalue weighted by Gasteiger charge is -2.05. The summed E-state index contributed by atoms with van der Waals surface area (Å²) in [7, 11) is 0. The fraction of sp³-hybridized carbons (Fsp3) is 1.00. The highest BCUT2D eigenvalue weighted by molar-refractivity contribution is 4.47. The van der Waals surface area contributed by atoms with Gasteiger partial charge in [0.15, 0.2) is 0 Å². The molecule has 0 rings (SSSR count). The summed E-state index contributed by atoms with van der Waals surface area (Å²) < 4.78 is 0. The first-order valence-corrected chi connectivity index (χ1v) is 7.00. The Bertz CT molecular complexity index is 43.0. The van der Waals surface area contributed by atoms with Gasteiger partial charge in [0.05, 0.1) is 0 Å². The third kappa shape index (κ3) is 0. The Hall–Kier alpha value is 0. The van der Waals surface area contributed by atoms with E-state index in [0.29, 0.717) is 10.8 Å². The van der Waals surface area contributed by atoms with Crippen LogP contribution in [0, 0.1) is 10.8 Å². The fourth-order valence-electron chi connectivity index (χ4n) is 0. The summed E-state index contributed by atoms with van der Waals surface area (Å²) in [6, 6.07) is 0. The van der Waals surface area contributed by atoms with Crippen LogP contribution in [0.15, 0.2) is 0 Å². The van der Waals surface area contributed by atoms with Gasteiger partial charge in [0, 0.05) is 0 Å². The topological polar surface area (TPSA) is 0 Å². The molecule has 0 spiro atoms. The monoisotopic (exact) mass is 250 g/mol. The van der Waals surface area contributed by atoms with E-state index in [4.69, 9.17) is 0 Å². The van der Waals surface area contributed by atoms with Crippen molar-refractivity contribution in [3.05, 3.63) is 0 Å². The molecule has 114 valence electrons. The van der Waals surface area contributed by atoms with Gasteiger partial charge in [0.25, 0.3) is 0 Å². The normalized spacial score (nSPS) is 8.12. The highest BCUT2D eigenvalue weighted by Gasteiger charge is 1.96. The smallest absolute Gasteiger partial charge is 0.0411 e. The van der Waals surface area contributed by atoms with Crippen molar-refractivity contribution in [1.82, 2.24) is 0 Å². The summed E-state index contributed by atoms with van der Waals surface area (Å²) in [5.41, 5.74) is 1.00. The predicted octanol–water partition coefficient (Wildman–Crippen LogP) is 7.82. The summed E-state index contributed by atoms with van der Waals surface area (Å²) in [4.78, 5) is 0. The summed E-state index contributed by atoms with van der Waals surface area (Å²) in [5.74, 6) is 0. The maximum Gasteiger partial charge on any atom is -0.0411 e. The van der Waals surface area contributed by atoms with Gasteiger partial charge in [0.2, 0.25) is 0 Å². The average molecular weight is 251 g/mol. The molecule has 0 saturated heterocycles. The molecule has 0 atom stereocenters. The first-order valence-electron chi connectivity index (χ1n) is 7.00. The van der Waals surface area contributed by atoms with E-state index in [1.807, 2.05) is 41.5 Å². The van der Waals surface area contributed by atoms with E-state index >= 15 is 0 Å². The zero-order valence-corrected chi connectivity index (χ0v) is 15.0. The summed E-state index contributed by atoms with van der Waals surface area (Å²) in [6.45, 7) is 29.5. The average Bonchev–Trinajstić information content (AvgIpc) is 2.08. The zero-order chi connectivity index (χ0) is 15.0. The number of hydrogen-bond donors (Lipinski definition) is 0. The van der Waals surface area contributed by atoms with Crippen LogP contribution in [-0.4, -0.2) is 0 Å². The first kappa shape index (κ1) is 36.0. The van der Waals surface area contributed by atoms with Crippen LogP contribution >= 0.6 is 0 Å². The molecule has 0 aliphatic rings. The molecular formula is C17H46. The van der Waals surface area contributed by atoms with Crippen LogP contribution in [0.4, 0.5) is 0 Å².